The molecule has 0 saturated carbocycles. The van der Waals surface area contributed by atoms with Crippen molar-refractivity contribution in [2.75, 3.05) is 36.0 Å². The van der Waals surface area contributed by atoms with Crippen molar-refractivity contribution < 1.29 is 9.53 Å². The van der Waals surface area contributed by atoms with Gasteiger partial charge < -0.3 is 14.5 Å². The highest BCUT2D eigenvalue weighted by Gasteiger charge is 2.37. The molecule has 0 radical (unpaired) electrons. The fraction of sp³-hybridized carbons (Fsp3) is 0.611. The lowest BCUT2D eigenvalue weighted by Crippen LogP contribution is -2.42. The fourth-order valence-electron chi connectivity index (χ4n) is 3.25. The third-order valence-corrected chi connectivity index (χ3v) is 4.57. The van der Waals surface area contributed by atoms with Gasteiger partial charge >= 0.3 is 0 Å². The zero-order valence-corrected chi connectivity index (χ0v) is 13.9. The van der Waals surface area contributed by atoms with Crippen LogP contribution in [0.5, 0.6) is 5.75 Å². The highest BCUT2D eigenvalue weighted by Crippen LogP contribution is 2.39. The number of benzene rings is 1. The third-order valence-electron chi connectivity index (χ3n) is 4.57. The maximum Gasteiger partial charge on any atom is 0.236 e. The highest BCUT2D eigenvalue weighted by atomic mass is 16.5. The maximum atomic E-state index is 12.8. The van der Waals surface area contributed by atoms with Crippen molar-refractivity contribution in [3.63, 3.8) is 0 Å². The molecule has 1 aromatic rings. The molecule has 2 heterocycles. The molecule has 0 aliphatic carbocycles. The van der Waals surface area contributed by atoms with Crippen LogP contribution in [0.3, 0.4) is 0 Å². The molecule has 2 aliphatic heterocycles. The van der Waals surface area contributed by atoms with Gasteiger partial charge in [-0.2, -0.15) is 0 Å². The molecule has 4 nitrogen and oxygen atoms in total. The number of hydrogen-bond acceptors (Lipinski definition) is 3. The van der Waals surface area contributed by atoms with Crippen LogP contribution in [0, 0.1) is 5.41 Å². The first-order chi connectivity index (χ1) is 10.5. The Bertz CT molecular complexity index is 562. The Morgan fingerprint density at radius 1 is 1.23 bits per heavy atom. The second-order valence-corrected chi connectivity index (χ2v) is 6.98. The minimum atomic E-state index is -0.484. The van der Waals surface area contributed by atoms with E-state index in [4.69, 9.17) is 4.74 Å². The summed E-state index contributed by atoms with van der Waals surface area (Å²) in [6.45, 7) is 9.43. The first kappa shape index (κ1) is 15.2. The molecule has 1 fully saturated rings. The van der Waals surface area contributed by atoms with Crippen molar-refractivity contribution in [2.45, 2.75) is 40.0 Å². The van der Waals surface area contributed by atoms with Gasteiger partial charge in [0.2, 0.25) is 5.91 Å². The summed E-state index contributed by atoms with van der Waals surface area (Å²) >= 11 is 0. The zero-order valence-electron chi connectivity index (χ0n) is 13.9. The third kappa shape index (κ3) is 2.67. The van der Waals surface area contributed by atoms with Gasteiger partial charge in [0, 0.05) is 31.4 Å². The number of amides is 1. The van der Waals surface area contributed by atoms with Crippen molar-refractivity contribution in [3.05, 3.63) is 18.2 Å². The Kier molecular flexibility index (Phi) is 4.02. The first-order valence-electron chi connectivity index (χ1n) is 8.37. The predicted molar refractivity (Wildman–Crippen MR) is 89.8 cm³/mol. The van der Waals surface area contributed by atoms with E-state index in [1.807, 2.05) is 18.7 Å². The molecule has 0 spiro atoms. The Morgan fingerprint density at radius 2 is 1.95 bits per heavy atom. The summed E-state index contributed by atoms with van der Waals surface area (Å²) in [4.78, 5) is 17.1. The van der Waals surface area contributed by atoms with E-state index in [-0.39, 0.29) is 5.91 Å². The first-order valence-corrected chi connectivity index (χ1v) is 8.37. The van der Waals surface area contributed by atoms with Gasteiger partial charge in [0.25, 0.3) is 0 Å². The number of hydrogen-bond donors (Lipinski definition) is 0. The number of anilines is 2. The SMILES string of the molecule is CCCN1C(=O)C(C)(C)COc2cc(N3CCCC3)ccc21. The summed E-state index contributed by atoms with van der Waals surface area (Å²) in [6.07, 6.45) is 3.45. The van der Waals surface area contributed by atoms with E-state index in [1.165, 1.54) is 18.5 Å². The second-order valence-electron chi connectivity index (χ2n) is 6.98. The summed E-state index contributed by atoms with van der Waals surface area (Å²) in [5.41, 5.74) is 1.64. The van der Waals surface area contributed by atoms with Crippen LogP contribution in [-0.2, 0) is 4.79 Å². The van der Waals surface area contributed by atoms with E-state index >= 15 is 0 Å². The van der Waals surface area contributed by atoms with Crippen LogP contribution in [0.1, 0.15) is 40.0 Å². The quantitative estimate of drug-likeness (QED) is 0.857. The largest absolute Gasteiger partial charge is 0.490 e. The number of carbonyl (C=O) groups is 1. The van der Waals surface area contributed by atoms with Crippen LogP contribution in [0.4, 0.5) is 11.4 Å². The van der Waals surface area contributed by atoms with Gasteiger partial charge in [-0.1, -0.05) is 6.92 Å². The molecule has 3 rings (SSSR count). The minimum absolute atomic E-state index is 0.155. The van der Waals surface area contributed by atoms with Crippen LogP contribution >= 0.6 is 0 Å². The van der Waals surface area contributed by atoms with Crippen molar-refractivity contribution in [1.82, 2.24) is 0 Å². The number of ether oxygens (including phenoxy) is 1. The highest BCUT2D eigenvalue weighted by molar-refractivity contribution is 5.99. The molecule has 0 N–H and O–H groups in total. The molecule has 0 aromatic heterocycles. The van der Waals surface area contributed by atoms with Crippen LogP contribution in [0.2, 0.25) is 0 Å². The maximum absolute atomic E-state index is 12.8. The van der Waals surface area contributed by atoms with Gasteiger partial charge in [-0.15, -0.1) is 0 Å². The fourth-order valence-corrected chi connectivity index (χ4v) is 3.25. The monoisotopic (exact) mass is 302 g/mol. The van der Waals surface area contributed by atoms with E-state index in [2.05, 4.69) is 30.0 Å². The molecule has 120 valence electrons. The van der Waals surface area contributed by atoms with Crippen molar-refractivity contribution in [1.29, 1.82) is 0 Å². The van der Waals surface area contributed by atoms with E-state index in [0.29, 0.717) is 6.61 Å². The Labute approximate surface area is 133 Å². The summed E-state index contributed by atoms with van der Waals surface area (Å²) < 4.78 is 6.02. The number of carbonyl (C=O) groups excluding carboxylic acids is 1. The van der Waals surface area contributed by atoms with E-state index in [9.17, 15) is 4.79 Å². The lowest BCUT2D eigenvalue weighted by atomic mass is 9.93. The Hall–Kier alpha value is -1.71. The molecular weight excluding hydrogens is 276 g/mol. The lowest BCUT2D eigenvalue weighted by Gasteiger charge is -2.28. The van der Waals surface area contributed by atoms with E-state index in [0.717, 1.165) is 37.5 Å². The molecule has 0 atom stereocenters. The zero-order chi connectivity index (χ0) is 15.7. The average Bonchev–Trinajstić information content (AvgIpc) is 3.01. The van der Waals surface area contributed by atoms with Gasteiger partial charge in [0.05, 0.1) is 11.1 Å². The molecule has 1 aromatic carbocycles. The molecular formula is C18H26N2O2. The van der Waals surface area contributed by atoms with Crippen LogP contribution in [-0.4, -0.2) is 32.1 Å². The lowest BCUT2D eigenvalue weighted by molar-refractivity contribution is -0.127. The average molecular weight is 302 g/mol. The standard InChI is InChI=1S/C18H26N2O2/c1-4-9-20-15-8-7-14(19-10-5-6-11-19)12-16(15)22-13-18(2,3)17(20)21/h7-8,12H,4-6,9-11,13H2,1-3H3. The summed E-state index contributed by atoms with van der Waals surface area (Å²) in [5.74, 6) is 0.999. The molecule has 1 saturated heterocycles. The number of nitrogens with zero attached hydrogens (tertiary/aromatic N) is 2. The summed E-state index contributed by atoms with van der Waals surface area (Å²) in [7, 11) is 0. The Morgan fingerprint density at radius 3 is 2.64 bits per heavy atom. The number of rotatable bonds is 3. The molecule has 2 aliphatic rings. The normalized spacial score (nSPS) is 20.6. The van der Waals surface area contributed by atoms with Crippen molar-refractivity contribution in [2.24, 2.45) is 5.41 Å². The summed E-state index contributed by atoms with van der Waals surface area (Å²) in [5, 5.41) is 0. The van der Waals surface area contributed by atoms with Crippen LogP contribution in [0.25, 0.3) is 0 Å². The van der Waals surface area contributed by atoms with Gasteiger partial charge in [-0.05, 0) is 45.2 Å². The van der Waals surface area contributed by atoms with Gasteiger partial charge in [0.1, 0.15) is 12.4 Å². The minimum Gasteiger partial charge on any atom is -0.490 e. The van der Waals surface area contributed by atoms with Crippen molar-refractivity contribution in [3.8, 4) is 5.75 Å². The van der Waals surface area contributed by atoms with Crippen molar-refractivity contribution >= 4 is 17.3 Å². The topological polar surface area (TPSA) is 32.8 Å². The molecule has 22 heavy (non-hydrogen) atoms. The Balaban J connectivity index is 1.98. The van der Waals surface area contributed by atoms with Gasteiger partial charge in [0.15, 0.2) is 0 Å². The molecule has 4 heteroatoms. The second kappa shape index (κ2) is 5.82. The van der Waals surface area contributed by atoms with Crippen LogP contribution < -0.4 is 14.5 Å². The molecule has 0 unspecified atom stereocenters. The van der Waals surface area contributed by atoms with E-state index < -0.39 is 5.41 Å². The molecule has 1 amide bonds. The smallest absolute Gasteiger partial charge is 0.236 e. The van der Waals surface area contributed by atoms with Gasteiger partial charge in [-0.3, -0.25) is 4.79 Å². The predicted octanol–water partition coefficient (Wildman–Crippen LogP) is 3.45. The summed E-state index contributed by atoms with van der Waals surface area (Å²) in [6, 6.07) is 6.29. The molecule has 0 bridgehead atoms. The van der Waals surface area contributed by atoms with E-state index in [1.54, 1.807) is 0 Å². The van der Waals surface area contributed by atoms with Crippen LogP contribution in [0.15, 0.2) is 18.2 Å². The number of fused-ring (bicyclic) bond motifs is 1. The van der Waals surface area contributed by atoms with Gasteiger partial charge in [-0.25, -0.2) is 0 Å².